The van der Waals surface area contributed by atoms with Gasteiger partial charge in [-0.15, -0.1) is 0 Å². The molecule has 7 heteroatoms. The van der Waals surface area contributed by atoms with Gasteiger partial charge in [0.15, 0.2) is 0 Å². The molecular weight excluding hydrogens is 412 g/mol. The van der Waals surface area contributed by atoms with Crippen LogP contribution in [-0.4, -0.2) is 28.5 Å². The molecule has 31 heavy (non-hydrogen) atoms. The van der Waals surface area contributed by atoms with E-state index in [0.717, 1.165) is 33.4 Å². The maximum atomic E-state index is 12.7. The number of benzene rings is 2. The van der Waals surface area contributed by atoms with Crippen molar-refractivity contribution in [2.45, 2.75) is 13.8 Å². The molecule has 0 unspecified atom stereocenters. The van der Waals surface area contributed by atoms with Gasteiger partial charge < -0.3 is 9.73 Å². The molecule has 3 amide bonds. The quantitative estimate of drug-likeness (QED) is 0.558. The number of rotatable bonds is 5. The predicted molar refractivity (Wildman–Crippen MR) is 121 cm³/mol. The van der Waals surface area contributed by atoms with E-state index in [-0.39, 0.29) is 11.4 Å². The molecule has 0 bridgehead atoms. The van der Waals surface area contributed by atoms with Crippen LogP contribution in [0.4, 0.5) is 10.5 Å². The van der Waals surface area contributed by atoms with Gasteiger partial charge in [-0.3, -0.25) is 19.3 Å². The summed E-state index contributed by atoms with van der Waals surface area (Å²) < 4.78 is 5.79. The van der Waals surface area contributed by atoms with E-state index in [0.29, 0.717) is 17.2 Å². The number of para-hydroxylation sites is 1. The van der Waals surface area contributed by atoms with Gasteiger partial charge in [0.05, 0.1) is 4.91 Å². The first-order valence-electron chi connectivity index (χ1n) is 9.69. The molecule has 6 nitrogen and oxygen atoms in total. The average molecular weight is 433 g/mol. The van der Waals surface area contributed by atoms with Crippen molar-refractivity contribution >= 4 is 40.6 Å². The van der Waals surface area contributed by atoms with E-state index >= 15 is 0 Å². The highest BCUT2D eigenvalue weighted by atomic mass is 32.2. The summed E-state index contributed by atoms with van der Waals surface area (Å²) in [6.07, 6.45) is 1.53. The number of nitrogens with zero attached hydrogens (tertiary/aromatic N) is 1. The molecule has 1 N–H and O–H groups in total. The average Bonchev–Trinajstić information content (AvgIpc) is 3.32. The number of amides is 3. The Morgan fingerprint density at radius 1 is 1.00 bits per heavy atom. The number of carbonyl (C=O) groups is 3. The third kappa shape index (κ3) is 4.46. The van der Waals surface area contributed by atoms with Crippen LogP contribution in [0.1, 0.15) is 16.9 Å². The molecule has 4 rings (SSSR count). The molecule has 3 aromatic rings. The van der Waals surface area contributed by atoms with Gasteiger partial charge in [-0.05, 0) is 48.9 Å². The van der Waals surface area contributed by atoms with Crippen molar-refractivity contribution < 1.29 is 18.8 Å². The number of nitrogens with one attached hydrogen (secondary N) is 1. The highest BCUT2D eigenvalue weighted by Crippen LogP contribution is 2.33. The van der Waals surface area contributed by atoms with Crippen molar-refractivity contribution in [3.05, 3.63) is 82.5 Å². The van der Waals surface area contributed by atoms with Crippen LogP contribution >= 0.6 is 11.8 Å². The summed E-state index contributed by atoms with van der Waals surface area (Å²) >= 11 is 0.795. The van der Waals surface area contributed by atoms with E-state index in [9.17, 15) is 14.4 Å². The molecule has 0 aliphatic carbocycles. The third-order valence-electron chi connectivity index (χ3n) is 4.88. The lowest BCUT2D eigenvalue weighted by atomic mass is 10.1. The zero-order chi connectivity index (χ0) is 22.0. The first kappa shape index (κ1) is 20.7. The lowest BCUT2D eigenvalue weighted by Crippen LogP contribution is -2.36. The molecule has 1 fully saturated rings. The van der Waals surface area contributed by atoms with Crippen molar-refractivity contribution in [2.24, 2.45) is 0 Å². The molecule has 1 aliphatic heterocycles. The fourth-order valence-electron chi connectivity index (χ4n) is 3.29. The highest BCUT2D eigenvalue weighted by molar-refractivity contribution is 8.18. The molecular formula is C24H20N2O4S. The van der Waals surface area contributed by atoms with Gasteiger partial charge in [0, 0.05) is 17.3 Å². The second kappa shape index (κ2) is 8.65. The van der Waals surface area contributed by atoms with Gasteiger partial charge in [0.2, 0.25) is 5.91 Å². The van der Waals surface area contributed by atoms with Crippen LogP contribution < -0.4 is 5.32 Å². The SMILES string of the molecule is Cc1cccc(C)c1NC(=O)CN1C(=O)S/C(=C\c2ccc(-c3ccccc3)o2)C1=O. The number of aryl methyl sites for hydroxylation is 2. The monoisotopic (exact) mass is 432 g/mol. The highest BCUT2D eigenvalue weighted by Gasteiger charge is 2.36. The molecule has 2 aromatic carbocycles. The predicted octanol–water partition coefficient (Wildman–Crippen LogP) is 5.24. The Balaban J connectivity index is 1.46. The lowest BCUT2D eigenvalue weighted by molar-refractivity contribution is -0.127. The molecule has 1 aromatic heterocycles. The Labute approximate surface area is 183 Å². The molecule has 0 atom stereocenters. The maximum absolute atomic E-state index is 12.7. The second-order valence-electron chi connectivity index (χ2n) is 7.15. The van der Waals surface area contributed by atoms with Gasteiger partial charge in [-0.1, -0.05) is 48.5 Å². The molecule has 0 spiro atoms. The van der Waals surface area contributed by atoms with E-state index < -0.39 is 17.1 Å². The number of carbonyl (C=O) groups excluding carboxylic acids is 3. The number of thioether (sulfide) groups is 1. The Hall–Kier alpha value is -3.58. The Bertz CT molecular complexity index is 1180. The minimum atomic E-state index is -0.510. The number of anilines is 1. The molecule has 0 radical (unpaired) electrons. The standard InChI is InChI=1S/C24H20N2O4S/c1-15-7-6-8-16(2)22(15)25-21(27)14-26-23(28)20(31-24(26)29)13-18-11-12-19(30-18)17-9-4-3-5-10-17/h3-13H,14H2,1-2H3,(H,25,27)/b20-13-. The van der Waals surface area contributed by atoms with Gasteiger partial charge in [-0.25, -0.2) is 0 Å². The summed E-state index contributed by atoms with van der Waals surface area (Å²) in [4.78, 5) is 38.7. The smallest absolute Gasteiger partial charge is 0.294 e. The zero-order valence-electron chi connectivity index (χ0n) is 17.0. The van der Waals surface area contributed by atoms with Gasteiger partial charge in [-0.2, -0.15) is 0 Å². The summed E-state index contributed by atoms with van der Waals surface area (Å²) in [5.74, 6) is 0.193. The van der Waals surface area contributed by atoms with Crippen LogP contribution in [-0.2, 0) is 9.59 Å². The third-order valence-corrected chi connectivity index (χ3v) is 5.79. The maximum Gasteiger partial charge on any atom is 0.294 e. The van der Waals surface area contributed by atoms with Gasteiger partial charge >= 0.3 is 0 Å². The molecule has 1 saturated heterocycles. The largest absolute Gasteiger partial charge is 0.457 e. The normalized spacial score (nSPS) is 15.0. The summed E-state index contributed by atoms with van der Waals surface area (Å²) in [7, 11) is 0. The Morgan fingerprint density at radius 2 is 1.71 bits per heavy atom. The Kier molecular flexibility index (Phi) is 5.77. The van der Waals surface area contributed by atoms with Crippen LogP contribution in [0, 0.1) is 13.8 Å². The molecule has 1 aliphatic rings. The van der Waals surface area contributed by atoms with Crippen LogP contribution in [0.3, 0.4) is 0 Å². The van der Waals surface area contributed by atoms with E-state index in [4.69, 9.17) is 4.42 Å². The molecule has 2 heterocycles. The van der Waals surface area contributed by atoms with Crippen molar-refractivity contribution in [2.75, 3.05) is 11.9 Å². The first-order valence-corrected chi connectivity index (χ1v) is 10.5. The zero-order valence-corrected chi connectivity index (χ0v) is 17.9. The minimum Gasteiger partial charge on any atom is -0.457 e. The van der Waals surface area contributed by atoms with Crippen LogP contribution in [0.2, 0.25) is 0 Å². The number of furan rings is 1. The van der Waals surface area contributed by atoms with Crippen molar-refractivity contribution in [1.29, 1.82) is 0 Å². The van der Waals surface area contributed by atoms with Crippen LogP contribution in [0.15, 0.2) is 70.0 Å². The fraction of sp³-hybridized carbons (Fsp3) is 0.125. The summed E-state index contributed by atoms with van der Waals surface area (Å²) in [5, 5.41) is 2.32. The number of hydrogen-bond donors (Lipinski definition) is 1. The van der Waals surface area contributed by atoms with E-state index in [1.54, 1.807) is 6.07 Å². The summed E-state index contributed by atoms with van der Waals surface area (Å²) in [6.45, 7) is 3.43. The fourth-order valence-corrected chi connectivity index (χ4v) is 4.11. The Morgan fingerprint density at radius 3 is 2.42 bits per heavy atom. The molecule has 0 saturated carbocycles. The van der Waals surface area contributed by atoms with Crippen molar-refractivity contribution in [1.82, 2.24) is 4.90 Å². The molecule has 156 valence electrons. The first-order chi connectivity index (χ1) is 14.9. The van der Waals surface area contributed by atoms with E-state index in [1.807, 2.05) is 68.4 Å². The van der Waals surface area contributed by atoms with Crippen molar-refractivity contribution in [3.8, 4) is 11.3 Å². The topological polar surface area (TPSA) is 79.6 Å². The number of hydrogen-bond acceptors (Lipinski definition) is 5. The summed E-state index contributed by atoms with van der Waals surface area (Å²) in [5.41, 5.74) is 3.43. The minimum absolute atomic E-state index is 0.221. The van der Waals surface area contributed by atoms with E-state index in [1.165, 1.54) is 6.08 Å². The van der Waals surface area contributed by atoms with Gasteiger partial charge in [0.1, 0.15) is 18.1 Å². The summed E-state index contributed by atoms with van der Waals surface area (Å²) in [6, 6.07) is 18.8. The van der Waals surface area contributed by atoms with Crippen LogP contribution in [0.25, 0.3) is 17.4 Å². The second-order valence-corrected chi connectivity index (χ2v) is 8.14. The number of imide groups is 1. The van der Waals surface area contributed by atoms with Gasteiger partial charge in [0.25, 0.3) is 11.1 Å². The lowest BCUT2D eigenvalue weighted by Gasteiger charge is -2.15. The van der Waals surface area contributed by atoms with E-state index in [2.05, 4.69) is 5.32 Å². The van der Waals surface area contributed by atoms with Crippen LogP contribution in [0.5, 0.6) is 0 Å². The van der Waals surface area contributed by atoms with Crippen molar-refractivity contribution in [3.63, 3.8) is 0 Å².